The molecule has 0 fully saturated rings. The van der Waals surface area contributed by atoms with Gasteiger partial charge in [0.05, 0.1) is 31.8 Å². The predicted molar refractivity (Wildman–Crippen MR) is 107 cm³/mol. The maximum Gasteiger partial charge on any atom is 0.308 e. The van der Waals surface area contributed by atoms with Crippen molar-refractivity contribution < 1.29 is 37.2 Å². The number of rotatable bonds is 6. The molecule has 0 atom stereocenters. The molecule has 23 heteroatoms. The molecule has 2 aromatic rings. The van der Waals surface area contributed by atoms with E-state index in [0.29, 0.717) is 0 Å². The molecule has 2 aromatic carbocycles. The molecule has 0 spiro atoms. The zero-order chi connectivity index (χ0) is 27.3. The van der Waals surface area contributed by atoms with E-state index in [1.807, 2.05) is 10.9 Å². The normalized spacial score (nSPS) is 9.37. The molecule has 22 nitrogen and oxygen atoms in total. The Labute approximate surface area is 191 Å². The van der Waals surface area contributed by atoms with Gasteiger partial charge in [0.25, 0.3) is 22.2 Å². The largest absolute Gasteiger partial charge is 0.759 e. The molecule has 0 aromatic heterocycles. The smallest absolute Gasteiger partial charge is 0.308 e. The van der Waals surface area contributed by atoms with Crippen molar-refractivity contribution in [2.24, 2.45) is 0 Å². The van der Waals surface area contributed by atoms with Crippen LogP contribution < -0.4 is 10.9 Å². The third-order valence-electron chi connectivity index (χ3n) is 3.12. The van der Waals surface area contributed by atoms with Crippen molar-refractivity contribution >= 4 is 44.5 Å². The second-order valence-electron chi connectivity index (χ2n) is 5.26. The summed E-state index contributed by atoms with van der Waals surface area (Å²) in [6.45, 7) is 0. The van der Waals surface area contributed by atoms with E-state index in [1.165, 1.54) is 0 Å². The Hall–Kier alpha value is -5.65. The number of anilines is 2. The number of hydrogen-bond donors (Lipinski definition) is 2. The van der Waals surface area contributed by atoms with E-state index < -0.39 is 52.8 Å². The third-order valence-corrected chi connectivity index (χ3v) is 3.12. The molecule has 0 bridgehead atoms. The quantitative estimate of drug-likeness (QED) is 0.182. The molecule has 0 radical (unpaired) electrons. The second kappa shape index (κ2) is 13.0. The fourth-order valence-electron chi connectivity index (χ4n) is 1.87. The van der Waals surface area contributed by atoms with Crippen molar-refractivity contribution in [3.63, 3.8) is 0 Å². The Morgan fingerprint density at radius 2 is 0.943 bits per heavy atom. The maximum atomic E-state index is 10.5. The van der Waals surface area contributed by atoms with Crippen LogP contribution in [0.1, 0.15) is 0 Å². The van der Waals surface area contributed by atoms with Gasteiger partial charge in [-0.15, -0.1) is 0 Å². The van der Waals surface area contributed by atoms with Gasteiger partial charge in [-0.1, -0.05) is 0 Å². The van der Waals surface area contributed by atoms with Crippen LogP contribution in [0.5, 0.6) is 0 Å². The molecule has 35 heavy (non-hydrogen) atoms. The Balaban J connectivity index is 0.000000555. The molecule has 0 saturated carbocycles. The van der Waals surface area contributed by atoms with Gasteiger partial charge in [-0.2, -0.15) is 0 Å². The van der Waals surface area contributed by atoms with Crippen LogP contribution in [0, 0.1) is 51.2 Å². The number of nitrogens with zero attached hydrogens (tertiary/aromatic N) is 8. The van der Waals surface area contributed by atoms with Crippen molar-refractivity contribution in [1.29, 1.82) is 10.8 Å². The fourth-order valence-corrected chi connectivity index (χ4v) is 1.87. The molecule has 0 aliphatic carbocycles. The molecule has 0 aliphatic rings. The van der Waals surface area contributed by atoms with E-state index in [1.54, 1.807) is 0 Å². The van der Waals surface area contributed by atoms with Crippen molar-refractivity contribution in [2.45, 2.75) is 0 Å². The van der Waals surface area contributed by atoms with Crippen LogP contribution in [-0.4, -0.2) is 37.2 Å². The Morgan fingerprint density at radius 3 is 1.14 bits per heavy atom. The number of benzene rings is 2. The highest BCUT2D eigenvalue weighted by molar-refractivity contribution is 7.79. The molecule has 0 unspecified atom stereocenters. The van der Waals surface area contributed by atoms with E-state index in [2.05, 4.69) is 10.2 Å². The molecule has 2 N–H and O–H groups in total. The number of nitrogens with one attached hydrogen (secondary N) is 2. The highest BCUT2D eigenvalue weighted by Gasteiger charge is 2.22. The lowest BCUT2D eigenvalue weighted by molar-refractivity contribution is -0.393. The summed E-state index contributed by atoms with van der Waals surface area (Å²) in [5.41, 5.74) is 1.71. The van der Waals surface area contributed by atoms with Gasteiger partial charge in [0.2, 0.25) is 0 Å². The van der Waals surface area contributed by atoms with Gasteiger partial charge in [0.1, 0.15) is 0 Å². The van der Waals surface area contributed by atoms with Crippen molar-refractivity contribution in [1.82, 2.24) is 0 Å². The van der Waals surface area contributed by atoms with Crippen LogP contribution in [0.3, 0.4) is 0 Å². The standard InChI is InChI=1S/2C6H4N5O4.H2O4S/c2*7-9-8-5-2-1-4(10(12)13)3-6(5)11(14)15;1-5(2,3)4/h2*1-3,8H;(H2,1,2,3,4)/q2*+1;/p-2. The SMILES string of the molecule is N#[N+]Nc1ccc([N+](=O)[O-])cc1[N+](=O)[O-].N#[N+]Nc1ccc([N+](=O)[O-])cc1[N+](=O)[O-].O=S(=O)([O-])[O-]. The number of diazo groups is 2. The van der Waals surface area contributed by atoms with Crippen LogP contribution >= 0.6 is 0 Å². The summed E-state index contributed by atoms with van der Waals surface area (Å²) in [5.74, 6) is 0. The Bertz CT molecular complexity index is 1240. The van der Waals surface area contributed by atoms with E-state index in [-0.39, 0.29) is 11.4 Å². The highest BCUT2D eigenvalue weighted by Crippen LogP contribution is 2.29. The first-order valence-electron chi connectivity index (χ1n) is 7.84. The van der Waals surface area contributed by atoms with Crippen molar-refractivity contribution in [2.75, 3.05) is 10.9 Å². The van der Waals surface area contributed by atoms with Crippen LogP contribution in [0.25, 0.3) is 10.2 Å². The molecule has 0 heterocycles. The van der Waals surface area contributed by atoms with Crippen LogP contribution in [0.4, 0.5) is 34.1 Å². The van der Waals surface area contributed by atoms with Crippen molar-refractivity contribution in [3.8, 4) is 0 Å². The molecule has 0 amide bonds. The number of nitro groups is 4. The summed E-state index contributed by atoms with van der Waals surface area (Å²) in [5, 5.41) is 63.0. The predicted octanol–water partition coefficient (Wildman–Crippen LogP) is 2.03. The van der Waals surface area contributed by atoms with Gasteiger partial charge in [-0.05, 0) is 23.0 Å². The van der Waals surface area contributed by atoms with E-state index in [0.717, 1.165) is 36.4 Å². The maximum absolute atomic E-state index is 10.5. The lowest BCUT2D eigenvalue weighted by atomic mass is 10.2. The minimum atomic E-state index is -5.17. The number of hydrogen-bond acceptors (Lipinski definition) is 16. The molecular formula is C12H8N10O12S. The van der Waals surface area contributed by atoms with Crippen molar-refractivity contribution in [3.05, 3.63) is 87.0 Å². The van der Waals surface area contributed by atoms with Crippen LogP contribution in [0.2, 0.25) is 0 Å². The lowest BCUT2D eigenvalue weighted by Gasteiger charge is -2.06. The van der Waals surface area contributed by atoms with Crippen LogP contribution in [-0.2, 0) is 10.4 Å². The third kappa shape index (κ3) is 11.0. The molecular weight excluding hydrogens is 508 g/mol. The van der Waals surface area contributed by atoms with E-state index in [9.17, 15) is 40.5 Å². The number of non-ortho nitro benzene ring substituents is 2. The summed E-state index contributed by atoms with van der Waals surface area (Å²) >= 11 is 0. The zero-order valence-electron chi connectivity index (χ0n) is 16.3. The van der Waals surface area contributed by atoms with Crippen LogP contribution in [0.15, 0.2) is 36.4 Å². The Morgan fingerprint density at radius 1 is 0.657 bits per heavy atom. The van der Waals surface area contributed by atoms with Gasteiger partial charge in [-0.3, -0.25) is 48.9 Å². The topological polar surface area (TPSA) is 333 Å². The van der Waals surface area contributed by atoms with E-state index >= 15 is 0 Å². The number of nitro benzene ring substituents is 4. The first-order valence-corrected chi connectivity index (χ1v) is 9.18. The summed E-state index contributed by atoms with van der Waals surface area (Å²) in [6, 6.07) is 5.81. The van der Waals surface area contributed by atoms with Gasteiger partial charge in [-0.25, -0.2) is 0 Å². The Kier molecular flexibility index (Phi) is 10.9. The molecule has 0 aliphatic heterocycles. The monoisotopic (exact) mass is 516 g/mol. The van der Waals surface area contributed by atoms with Gasteiger partial charge >= 0.3 is 21.5 Å². The minimum absolute atomic E-state index is 0.131. The first kappa shape index (κ1) is 29.3. The fraction of sp³-hybridized carbons (Fsp3) is 0. The lowest BCUT2D eigenvalue weighted by Crippen LogP contribution is -1.96. The second-order valence-corrected chi connectivity index (χ2v) is 6.08. The summed E-state index contributed by atoms with van der Waals surface area (Å²) < 4.78 is 34.1. The average Bonchev–Trinajstić information content (AvgIpc) is 2.73. The summed E-state index contributed by atoms with van der Waals surface area (Å²) in [4.78, 5) is 38.5. The zero-order valence-corrected chi connectivity index (χ0v) is 17.2. The van der Waals surface area contributed by atoms with E-state index in [4.69, 9.17) is 28.3 Å². The summed E-state index contributed by atoms with van der Waals surface area (Å²) in [6.07, 6.45) is 0. The first-order chi connectivity index (χ1) is 16.1. The molecule has 2 rings (SSSR count). The average molecular weight is 516 g/mol. The minimum Gasteiger partial charge on any atom is -0.759 e. The summed E-state index contributed by atoms with van der Waals surface area (Å²) in [7, 11) is -5.17. The van der Waals surface area contributed by atoms with Gasteiger partial charge in [0, 0.05) is 22.5 Å². The molecule has 0 saturated heterocycles. The molecule has 184 valence electrons. The highest BCUT2D eigenvalue weighted by atomic mass is 32.3. The van der Waals surface area contributed by atoms with Gasteiger partial charge < -0.3 is 9.11 Å². The van der Waals surface area contributed by atoms with Gasteiger partial charge in [0.15, 0.2) is 11.4 Å².